The first-order valence-corrected chi connectivity index (χ1v) is 10.6. The maximum Gasteiger partial charge on any atom is 0.323 e. The summed E-state index contributed by atoms with van der Waals surface area (Å²) in [4.78, 5) is 26.1. The first kappa shape index (κ1) is 20.9. The molecule has 0 atom stereocenters. The van der Waals surface area contributed by atoms with Crippen molar-refractivity contribution in [3.8, 4) is 5.88 Å². The molecule has 1 aliphatic rings. The maximum absolute atomic E-state index is 12.9. The molecule has 4 rings (SSSR count). The Hall–Kier alpha value is -3.35. The highest BCUT2D eigenvalue weighted by Gasteiger charge is 2.25. The summed E-state index contributed by atoms with van der Waals surface area (Å²) >= 11 is 0. The number of ether oxygens (including phenoxy) is 1. The number of hydrogen-bond donors (Lipinski definition) is 1. The molecule has 0 spiro atoms. The zero-order valence-electron chi connectivity index (χ0n) is 18.8. The Bertz CT molecular complexity index is 1110. The number of methoxy groups -OCH3 is 1. The van der Waals surface area contributed by atoms with Gasteiger partial charge >= 0.3 is 6.03 Å². The summed E-state index contributed by atoms with van der Waals surface area (Å²) in [5.41, 5.74) is 7.99. The molecule has 0 saturated carbocycles. The molecule has 1 fully saturated rings. The predicted octanol–water partition coefficient (Wildman–Crippen LogP) is 4.23. The average Bonchev–Trinajstić information content (AvgIpc) is 2.78. The second-order valence-corrected chi connectivity index (χ2v) is 8.08. The van der Waals surface area contributed by atoms with E-state index in [1.807, 2.05) is 29.2 Å². The summed E-state index contributed by atoms with van der Waals surface area (Å²) < 4.78 is 5.35. The van der Waals surface area contributed by atoms with Crippen molar-refractivity contribution in [3.05, 3.63) is 52.6 Å². The molecule has 2 amide bonds. The van der Waals surface area contributed by atoms with E-state index in [4.69, 9.17) is 4.74 Å². The van der Waals surface area contributed by atoms with Crippen molar-refractivity contribution in [2.75, 3.05) is 43.5 Å². The zero-order valence-corrected chi connectivity index (χ0v) is 18.8. The van der Waals surface area contributed by atoms with Crippen LogP contribution in [0.5, 0.6) is 5.88 Å². The number of carbonyl (C=O) groups excluding carboxylic acids is 1. The number of nitrogens with zero attached hydrogens (tertiary/aromatic N) is 4. The van der Waals surface area contributed by atoms with Crippen LogP contribution in [0.15, 0.2) is 30.3 Å². The summed E-state index contributed by atoms with van der Waals surface area (Å²) in [5, 5.41) is 2.89. The molecule has 31 heavy (non-hydrogen) atoms. The summed E-state index contributed by atoms with van der Waals surface area (Å²) in [5.74, 6) is 0.654. The van der Waals surface area contributed by atoms with Gasteiger partial charge in [-0.05, 0) is 62.1 Å². The van der Waals surface area contributed by atoms with Crippen molar-refractivity contribution in [1.29, 1.82) is 0 Å². The molecule has 0 unspecified atom stereocenters. The number of para-hydroxylation sites is 2. The van der Waals surface area contributed by atoms with Gasteiger partial charge in [-0.25, -0.2) is 14.8 Å². The number of fused-ring (bicyclic) bond motifs is 1. The van der Waals surface area contributed by atoms with Crippen molar-refractivity contribution in [1.82, 2.24) is 14.9 Å². The maximum atomic E-state index is 12.9. The number of aryl methyl sites for hydroxylation is 2. The lowest BCUT2D eigenvalue weighted by Crippen LogP contribution is -2.50. The van der Waals surface area contributed by atoms with Gasteiger partial charge in [0.2, 0.25) is 0 Å². The lowest BCUT2D eigenvalue weighted by atomic mass is 9.97. The molecule has 1 saturated heterocycles. The molecular weight excluding hydrogens is 390 g/mol. The second-order valence-electron chi connectivity index (χ2n) is 8.08. The van der Waals surface area contributed by atoms with E-state index in [-0.39, 0.29) is 6.03 Å². The highest BCUT2D eigenvalue weighted by atomic mass is 16.5. The fourth-order valence-electron chi connectivity index (χ4n) is 4.19. The summed E-state index contributed by atoms with van der Waals surface area (Å²) in [6, 6.07) is 9.59. The van der Waals surface area contributed by atoms with Gasteiger partial charge in [-0.3, -0.25) is 5.32 Å². The van der Waals surface area contributed by atoms with Crippen LogP contribution in [0.2, 0.25) is 0 Å². The lowest BCUT2D eigenvalue weighted by molar-refractivity contribution is 0.208. The number of rotatable bonds is 3. The monoisotopic (exact) mass is 419 g/mol. The average molecular weight is 420 g/mol. The third-order valence-corrected chi connectivity index (χ3v) is 6.17. The smallest absolute Gasteiger partial charge is 0.323 e. The summed E-state index contributed by atoms with van der Waals surface area (Å²) in [6.07, 6.45) is 0. The molecule has 3 aromatic rings. The Kier molecular flexibility index (Phi) is 5.67. The predicted molar refractivity (Wildman–Crippen MR) is 124 cm³/mol. The van der Waals surface area contributed by atoms with E-state index in [0.717, 1.165) is 18.6 Å². The van der Waals surface area contributed by atoms with Crippen molar-refractivity contribution < 1.29 is 9.53 Å². The molecular formula is C24H29N5O2. The highest BCUT2D eigenvalue weighted by molar-refractivity contribution is 5.91. The number of nitrogens with one attached hydrogen (secondary N) is 1. The van der Waals surface area contributed by atoms with E-state index < -0.39 is 0 Å². The summed E-state index contributed by atoms with van der Waals surface area (Å²) in [7, 11) is 1.53. The molecule has 2 heterocycles. The molecule has 0 radical (unpaired) electrons. The fraction of sp³-hybridized carbons (Fsp3) is 0.375. The van der Waals surface area contributed by atoms with E-state index in [9.17, 15) is 4.79 Å². The number of benzene rings is 2. The zero-order chi connectivity index (χ0) is 22.1. The molecule has 7 heteroatoms. The number of urea groups is 1. The Labute approximate surface area is 183 Å². The molecule has 2 aromatic carbocycles. The molecule has 1 aromatic heterocycles. The van der Waals surface area contributed by atoms with E-state index in [1.54, 1.807) is 0 Å². The normalized spacial score (nSPS) is 14.1. The largest absolute Gasteiger partial charge is 0.478 e. The third kappa shape index (κ3) is 4.00. The Balaban J connectivity index is 1.48. The van der Waals surface area contributed by atoms with Crippen molar-refractivity contribution in [2.45, 2.75) is 27.7 Å². The van der Waals surface area contributed by atoms with E-state index in [2.05, 4.69) is 53.9 Å². The number of anilines is 2. The summed E-state index contributed by atoms with van der Waals surface area (Å²) in [6.45, 7) is 11.5. The van der Waals surface area contributed by atoms with Gasteiger partial charge in [0.05, 0.1) is 18.1 Å². The minimum absolute atomic E-state index is 0.184. The van der Waals surface area contributed by atoms with Crippen molar-refractivity contribution in [3.63, 3.8) is 0 Å². The Morgan fingerprint density at radius 1 is 0.935 bits per heavy atom. The van der Waals surface area contributed by atoms with Crippen LogP contribution in [0.1, 0.15) is 22.3 Å². The SMILES string of the molecule is COc1nc2ccccc2nc1NC(=O)N1CCN(c2c(C)c(C)cc(C)c2C)CC1. The number of aromatic nitrogens is 2. The third-order valence-electron chi connectivity index (χ3n) is 6.17. The first-order valence-electron chi connectivity index (χ1n) is 10.6. The van der Waals surface area contributed by atoms with E-state index in [1.165, 1.54) is 35.1 Å². The lowest BCUT2D eigenvalue weighted by Gasteiger charge is -2.38. The van der Waals surface area contributed by atoms with Gasteiger partial charge in [0.25, 0.3) is 5.88 Å². The molecule has 0 aliphatic carbocycles. The van der Waals surface area contributed by atoms with Crippen LogP contribution in [0.3, 0.4) is 0 Å². The van der Waals surface area contributed by atoms with Crippen LogP contribution in [0.4, 0.5) is 16.3 Å². The molecule has 1 aliphatic heterocycles. The second kappa shape index (κ2) is 8.41. The van der Waals surface area contributed by atoms with Crippen LogP contribution >= 0.6 is 0 Å². The van der Waals surface area contributed by atoms with Crippen LogP contribution in [0.25, 0.3) is 11.0 Å². The van der Waals surface area contributed by atoms with Crippen LogP contribution in [-0.4, -0.2) is 54.2 Å². The minimum atomic E-state index is -0.184. The van der Waals surface area contributed by atoms with Crippen molar-refractivity contribution in [2.24, 2.45) is 0 Å². The van der Waals surface area contributed by atoms with Gasteiger partial charge < -0.3 is 14.5 Å². The number of piperazine rings is 1. The fourth-order valence-corrected chi connectivity index (χ4v) is 4.19. The van der Waals surface area contributed by atoms with Crippen LogP contribution < -0.4 is 15.0 Å². The van der Waals surface area contributed by atoms with E-state index >= 15 is 0 Å². The standard InChI is InChI=1S/C24H29N5O2/c1-15-14-16(2)18(4)21(17(15)3)28-10-12-29(13-11-28)24(30)27-22-23(31-5)26-20-9-7-6-8-19(20)25-22/h6-9,14H,10-13H2,1-5H3,(H,25,27,30). The quantitative estimate of drug-likeness (QED) is 0.688. The highest BCUT2D eigenvalue weighted by Crippen LogP contribution is 2.31. The number of hydrogen-bond acceptors (Lipinski definition) is 5. The van der Waals surface area contributed by atoms with E-state index in [0.29, 0.717) is 30.3 Å². The number of carbonyl (C=O) groups is 1. The minimum Gasteiger partial charge on any atom is -0.478 e. The first-order chi connectivity index (χ1) is 14.9. The van der Waals surface area contributed by atoms with Crippen LogP contribution in [-0.2, 0) is 0 Å². The number of amides is 2. The molecule has 7 nitrogen and oxygen atoms in total. The molecule has 0 bridgehead atoms. The molecule has 162 valence electrons. The topological polar surface area (TPSA) is 70.6 Å². The van der Waals surface area contributed by atoms with Crippen molar-refractivity contribution >= 4 is 28.6 Å². The van der Waals surface area contributed by atoms with Gasteiger partial charge in [-0.2, -0.15) is 0 Å². The van der Waals surface area contributed by atoms with Gasteiger partial charge in [0.15, 0.2) is 5.82 Å². The van der Waals surface area contributed by atoms with Gasteiger partial charge in [-0.1, -0.05) is 18.2 Å². The Morgan fingerprint density at radius 2 is 1.52 bits per heavy atom. The van der Waals surface area contributed by atoms with Gasteiger partial charge in [0.1, 0.15) is 0 Å². The van der Waals surface area contributed by atoms with Gasteiger partial charge in [-0.15, -0.1) is 0 Å². The Morgan fingerprint density at radius 3 is 2.10 bits per heavy atom. The molecule has 1 N–H and O–H groups in total. The van der Waals surface area contributed by atoms with Crippen LogP contribution in [0, 0.1) is 27.7 Å². The van der Waals surface area contributed by atoms with Gasteiger partial charge in [0, 0.05) is 31.9 Å².